The second-order valence-corrected chi connectivity index (χ2v) is 2.97. The number of carbonyl (C=O) groups excluding carboxylic acids is 1. The Hall–Kier alpha value is -2.01. The molecule has 0 saturated carbocycles. The van der Waals surface area contributed by atoms with Gasteiger partial charge in [0.25, 0.3) is 5.91 Å². The summed E-state index contributed by atoms with van der Waals surface area (Å²) in [7, 11) is 0. The summed E-state index contributed by atoms with van der Waals surface area (Å²) >= 11 is 0. The fraction of sp³-hybridized carbons (Fsp3) is 0. The van der Waals surface area contributed by atoms with Gasteiger partial charge in [0.2, 0.25) is 0 Å². The van der Waals surface area contributed by atoms with Gasteiger partial charge in [0.1, 0.15) is 11.5 Å². The average Bonchev–Trinajstić information content (AvgIpc) is 2.27. The van der Waals surface area contributed by atoms with Gasteiger partial charge in [-0.1, -0.05) is 6.07 Å². The van der Waals surface area contributed by atoms with Crippen LogP contribution < -0.4 is 5.48 Å². The van der Waals surface area contributed by atoms with Crippen molar-refractivity contribution in [3.05, 3.63) is 42.0 Å². The van der Waals surface area contributed by atoms with E-state index in [2.05, 4.69) is 4.98 Å². The van der Waals surface area contributed by atoms with Crippen LogP contribution in [0.25, 0.3) is 10.8 Å². The van der Waals surface area contributed by atoms with E-state index >= 15 is 0 Å². The first-order chi connectivity index (χ1) is 7.22. The number of halogens is 1. The first-order valence-corrected chi connectivity index (χ1v) is 4.21. The number of nitrogens with zero attached hydrogens (tertiary/aromatic N) is 1. The zero-order valence-electron chi connectivity index (χ0n) is 7.57. The number of amides is 1. The van der Waals surface area contributed by atoms with Crippen molar-refractivity contribution >= 4 is 16.7 Å². The summed E-state index contributed by atoms with van der Waals surface area (Å²) in [6.07, 6.45) is 1.42. The average molecular weight is 206 g/mol. The highest BCUT2D eigenvalue weighted by atomic mass is 19.1. The molecule has 0 radical (unpaired) electrons. The van der Waals surface area contributed by atoms with Gasteiger partial charge in [-0.05, 0) is 23.6 Å². The van der Waals surface area contributed by atoms with Crippen LogP contribution in [0, 0.1) is 5.82 Å². The van der Waals surface area contributed by atoms with E-state index in [0.717, 1.165) is 0 Å². The van der Waals surface area contributed by atoms with E-state index < -0.39 is 11.7 Å². The summed E-state index contributed by atoms with van der Waals surface area (Å²) in [5, 5.41) is 9.53. The van der Waals surface area contributed by atoms with Gasteiger partial charge in [-0.15, -0.1) is 0 Å². The van der Waals surface area contributed by atoms with Crippen LogP contribution in [-0.2, 0) is 0 Å². The van der Waals surface area contributed by atoms with Crippen molar-refractivity contribution in [2.24, 2.45) is 0 Å². The Morgan fingerprint density at radius 1 is 1.40 bits per heavy atom. The quantitative estimate of drug-likeness (QED) is 0.549. The molecule has 1 aromatic heterocycles. The van der Waals surface area contributed by atoms with Gasteiger partial charge in [0, 0.05) is 11.6 Å². The van der Waals surface area contributed by atoms with Crippen LogP contribution in [0.4, 0.5) is 4.39 Å². The van der Waals surface area contributed by atoms with Crippen molar-refractivity contribution in [2.75, 3.05) is 0 Å². The molecule has 1 amide bonds. The number of carbonyl (C=O) groups is 1. The third-order valence-electron chi connectivity index (χ3n) is 2.04. The number of rotatable bonds is 1. The highest BCUT2D eigenvalue weighted by Crippen LogP contribution is 2.17. The van der Waals surface area contributed by atoms with E-state index in [-0.39, 0.29) is 5.69 Å². The van der Waals surface area contributed by atoms with Crippen molar-refractivity contribution in [3.63, 3.8) is 0 Å². The molecule has 0 unspecified atom stereocenters. The molecule has 0 bridgehead atoms. The van der Waals surface area contributed by atoms with Crippen molar-refractivity contribution in [1.82, 2.24) is 10.5 Å². The molecule has 4 nitrogen and oxygen atoms in total. The highest BCUT2D eigenvalue weighted by molar-refractivity contribution is 6.04. The first kappa shape index (κ1) is 9.54. The second-order valence-electron chi connectivity index (χ2n) is 2.97. The molecule has 2 rings (SSSR count). The molecular formula is C10H7FN2O2. The Morgan fingerprint density at radius 3 is 2.93 bits per heavy atom. The van der Waals surface area contributed by atoms with Gasteiger partial charge in [-0.3, -0.25) is 15.0 Å². The van der Waals surface area contributed by atoms with Crippen LogP contribution in [0.3, 0.4) is 0 Å². The van der Waals surface area contributed by atoms with Gasteiger partial charge in [-0.25, -0.2) is 9.87 Å². The Morgan fingerprint density at radius 2 is 2.20 bits per heavy atom. The lowest BCUT2D eigenvalue weighted by molar-refractivity contribution is 0.0703. The van der Waals surface area contributed by atoms with Crippen LogP contribution in [0.15, 0.2) is 30.5 Å². The Balaban J connectivity index is 2.74. The van der Waals surface area contributed by atoms with Gasteiger partial charge < -0.3 is 0 Å². The monoisotopic (exact) mass is 206 g/mol. The number of aromatic nitrogens is 1. The normalized spacial score (nSPS) is 10.3. The van der Waals surface area contributed by atoms with E-state index in [9.17, 15) is 9.18 Å². The van der Waals surface area contributed by atoms with E-state index in [1.807, 2.05) is 0 Å². The summed E-state index contributed by atoms with van der Waals surface area (Å²) in [6, 6.07) is 5.69. The SMILES string of the molecule is O=C(NO)c1nccc2ccc(F)cc12. The number of pyridine rings is 1. The molecule has 5 heteroatoms. The lowest BCUT2D eigenvalue weighted by atomic mass is 10.1. The third-order valence-corrected chi connectivity index (χ3v) is 2.04. The molecule has 2 aromatic rings. The number of benzene rings is 1. The van der Waals surface area contributed by atoms with Crippen LogP contribution in [0.5, 0.6) is 0 Å². The molecule has 0 saturated heterocycles. The Labute approximate surface area is 84.3 Å². The molecule has 0 aliphatic heterocycles. The predicted molar refractivity (Wildman–Crippen MR) is 51.0 cm³/mol. The smallest absolute Gasteiger partial charge is 0.288 e. The van der Waals surface area contributed by atoms with Gasteiger partial charge in [-0.2, -0.15) is 0 Å². The van der Waals surface area contributed by atoms with Gasteiger partial charge >= 0.3 is 0 Å². The fourth-order valence-corrected chi connectivity index (χ4v) is 1.37. The summed E-state index contributed by atoms with van der Waals surface area (Å²) < 4.78 is 13.0. The number of fused-ring (bicyclic) bond motifs is 1. The zero-order chi connectivity index (χ0) is 10.8. The summed E-state index contributed by atoms with van der Waals surface area (Å²) in [5.74, 6) is -1.21. The van der Waals surface area contributed by atoms with E-state index in [0.29, 0.717) is 10.8 Å². The van der Waals surface area contributed by atoms with Crippen LogP contribution in [0.2, 0.25) is 0 Å². The molecule has 0 fully saturated rings. The number of hydrogen-bond acceptors (Lipinski definition) is 3. The predicted octanol–water partition coefficient (Wildman–Crippen LogP) is 1.49. The number of hydrogen-bond donors (Lipinski definition) is 2. The molecule has 0 atom stereocenters. The molecular weight excluding hydrogens is 199 g/mol. The lowest BCUT2D eigenvalue weighted by Gasteiger charge is -2.03. The minimum Gasteiger partial charge on any atom is -0.288 e. The summed E-state index contributed by atoms with van der Waals surface area (Å²) in [5.41, 5.74) is 1.46. The van der Waals surface area contributed by atoms with E-state index in [1.54, 1.807) is 12.1 Å². The van der Waals surface area contributed by atoms with Crippen molar-refractivity contribution < 1.29 is 14.4 Å². The number of nitrogens with one attached hydrogen (secondary N) is 1. The topological polar surface area (TPSA) is 62.2 Å². The third kappa shape index (κ3) is 1.64. The molecule has 1 aromatic carbocycles. The molecule has 0 aliphatic carbocycles. The standard InChI is InChI=1S/C10H7FN2O2/c11-7-2-1-6-3-4-12-9(8(6)5-7)10(14)13-15/h1-5,15H,(H,13,14). The Bertz CT molecular complexity index is 528. The van der Waals surface area contributed by atoms with E-state index in [1.165, 1.54) is 23.8 Å². The lowest BCUT2D eigenvalue weighted by Crippen LogP contribution is -2.20. The molecule has 1 heterocycles. The maximum absolute atomic E-state index is 13.0. The van der Waals surface area contributed by atoms with Crippen molar-refractivity contribution in [2.45, 2.75) is 0 Å². The highest BCUT2D eigenvalue weighted by Gasteiger charge is 2.10. The minimum absolute atomic E-state index is 0.00509. The molecule has 15 heavy (non-hydrogen) atoms. The molecule has 2 N–H and O–H groups in total. The van der Waals surface area contributed by atoms with Gasteiger partial charge in [0.15, 0.2) is 0 Å². The molecule has 0 spiro atoms. The fourth-order valence-electron chi connectivity index (χ4n) is 1.37. The second kappa shape index (κ2) is 3.62. The Kier molecular flexibility index (Phi) is 2.31. The molecule has 0 aliphatic rings. The zero-order valence-corrected chi connectivity index (χ0v) is 7.57. The summed E-state index contributed by atoms with van der Waals surface area (Å²) in [6.45, 7) is 0. The minimum atomic E-state index is -0.758. The van der Waals surface area contributed by atoms with E-state index in [4.69, 9.17) is 5.21 Å². The first-order valence-electron chi connectivity index (χ1n) is 4.21. The largest absolute Gasteiger partial charge is 0.293 e. The van der Waals surface area contributed by atoms with Crippen LogP contribution >= 0.6 is 0 Å². The maximum Gasteiger partial charge on any atom is 0.293 e. The van der Waals surface area contributed by atoms with Crippen LogP contribution in [-0.4, -0.2) is 16.1 Å². The summed E-state index contributed by atoms with van der Waals surface area (Å²) in [4.78, 5) is 15.0. The maximum atomic E-state index is 13.0. The number of hydroxylamine groups is 1. The van der Waals surface area contributed by atoms with Crippen molar-refractivity contribution in [1.29, 1.82) is 0 Å². The van der Waals surface area contributed by atoms with Crippen molar-refractivity contribution in [3.8, 4) is 0 Å². The van der Waals surface area contributed by atoms with Gasteiger partial charge in [0.05, 0.1) is 0 Å². The molecule has 76 valence electrons. The van der Waals surface area contributed by atoms with Crippen LogP contribution in [0.1, 0.15) is 10.5 Å².